The Kier molecular flexibility index (Phi) is 5.47. The van der Waals surface area contributed by atoms with Crippen molar-refractivity contribution in [2.75, 3.05) is 4.72 Å². The van der Waals surface area contributed by atoms with Crippen molar-refractivity contribution >= 4 is 50.6 Å². The monoisotopic (exact) mass is 433 g/mol. The van der Waals surface area contributed by atoms with E-state index in [0.29, 0.717) is 23.1 Å². The summed E-state index contributed by atoms with van der Waals surface area (Å²) in [7, 11) is -3.83. The molecule has 0 unspecified atom stereocenters. The van der Waals surface area contributed by atoms with Crippen molar-refractivity contribution in [3.63, 3.8) is 0 Å². The maximum absolute atomic E-state index is 12.4. The lowest BCUT2D eigenvalue weighted by molar-refractivity contribution is 0.600. The maximum Gasteiger partial charge on any atom is 0.266 e. The van der Waals surface area contributed by atoms with Gasteiger partial charge in [0.05, 0.1) is 22.8 Å². The van der Waals surface area contributed by atoms with Gasteiger partial charge in [0.2, 0.25) is 0 Å². The van der Waals surface area contributed by atoms with Crippen molar-refractivity contribution in [1.82, 2.24) is 19.6 Å². The Morgan fingerprint density at radius 1 is 1.08 bits per heavy atom. The average Bonchev–Trinajstić information content (AvgIpc) is 3.18. The van der Waals surface area contributed by atoms with Gasteiger partial charge >= 0.3 is 0 Å². The van der Waals surface area contributed by atoms with Crippen LogP contribution in [0.4, 0.5) is 5.82 Å². The number of aryl methyl sites for hydroxylation is 1. The smallest absolute Gasteiger partial charge is 0.266 e. The van der Waals surface area contributed by atoms with Crippen molar-refractivity contribution in [2.24, 2.45) is 0 Å². The average molecular weight is 435 g/mol. The summed E-state index contributed by atoms with van der Waals surface area (Å²) in [6.07, 6.45) is 4.23. The van der Waals surface area contributed by atoms with Crippen LogP contribution in [0.5, 0.6) is 0 Å². The number of halogens is 3. The predicted octanol–water partition coefficient (Wildman–Crippen LogP) is 3.91. The van der Waals surface area contributed by atoms with E-state index in [0.717, 1.165) is 5.56 Å². The third-order valence-corrected chi connectivity index (χ3v) is 5.83. The van der Waals surface area contributed by atoms with Gasteiger partial charge in [-0.3, -0.25) is 14.1 Å². The minimum absolute atomic E-state index is 0.0365. The topological polar surface area (TPSA) is 81.8 Å². The molecule has 0 aliphatic rings. The Balaban J connectivity index is 1.80. The lowest BCUT2D eigenvalue weighted by Gasteiger charge is -2.05. The summed E-state index contributed by atoms with van der Waals surface area (Å²) in [5, 5.41) is 9.20. The second-order valence-electron chi connectivity index (χ2n) is 5.41. The van der Waals surface area contributed by atoms with Crippen LogP contribution in [-0.4, -0.2) is 28.0 Å². The quantitative estimate of drug-likeness (QED) is 0.638. The molecular weight excluding hydrogens is 421 g/mol. The van der Waals surface area contributed by atoms with E-state index < -0.39 is 10.0 Å². The zero-order valence-corrected chi connectivity index (χ0v) is 16.6. The first-order chi connectivity index (χ1) is 12.3. The molecule has 2 aromatic heterocycles. The molecule has 1 N–H and O–H groups in total. The number of rotatable bonds is 6. The molecule has 7 nitrogen and oxygen atoms in total. The Labute approximate surface area is 165 Å². The van der Waals surface area contributed by atoms with Gasteiger partial charge in [-0.1, -0.05) is 40.9 Å². The van der Waals surface area contributed by atoms with Crippen LogP contribution in [-0.2, 0) is 23.1 Å². The van der Waals surface area contributed by atoms with E-state index in [1.165, 1.54) is 28.0 Å². The Morgan fingerprint density at radius 2 is 1.85 bits per heavy atom. The van der Waals surface area contributed by atoms with Crippen LogP contribution in [0.15, 0.2) is 41.7 Å². The largest absolute Gasteiger partial charge is 0.272 e. The molecule has 0 aliphatic carbocycles. The zero-order chi connectivity index (χ0) is 18.9. The molecule has 0 bridgehead atoms. The molecule has 0 fully saturated rings. The van der Waals surface area contributed by atoms with Gasteiger partial charge in [-0.2, -0.15) is 10.2 Å². The number of sulfonamides is 1. The highest BCUT2D eigenvalue weighted by Gasteiger charge is 2.20. The van der Waals surface area contributed by atoms with Crippen LogP contribution in [0.1, 0.15) is 12.5 Å². The van der Waals surface area contributed by atoms with Crippen LogP contribution in [0.3, 0.4) is 0 Å². The molecule has 0 radical (unpaired) electrons. The second-order valence-corrected chi connectivity index (χ2v) is 8.31. The van der Waals surface area contributed by atoms with Crippen molar-refractivity contribution in [3.05, 3.63) is 57.4 Å². The van der Waals surface area contributed by atoms with Crippen LogP contribution >= 0.6 is 34.8 Å². The first kappa shape index (κ1) is 19.0. The predicted molar refractivity (Wildman–Crippen MR) is 102 cm³/mol. The number of anilines is 1. The number of nitrogens with zero attached hydrogens (tertiary/aromatic N) is 4. The van der Waals surface area contributed by atoms with Crippen molar-refractivity contribution in [2.45, 2.75) is 24.9 Å². The fraction of sp³-hybridized carbons (Fsp3) is 0.200. The van der Waals surface area contributed by atoms with Gasteiger partial charge < -0.3 is 0 Å². The van der Waals surface area contributed by atoms with E-state index >= 15 is 0 Å². The molecule has 11 heteroatoms. The lowest BCUT2D eigenvalue weighted by Crippen LogP contribution is -2.13. The van der Waals surface area contributed by atoms with Gasteiger partial charge in [-0.05, 0) is 24.6 Å². The lowest BCUT2D eigenvalue weighted by atomic mass is 10.2. The molecule has 0 saturated carbocycles. The summed E-state index contributed by atoms with van der Waals surface area (Å²) in [5.41, 5.74) is 0.845. The number of nitrogens with one attached hydrogen (secondary N) is 1. The third-order valence-electron chi connectivity index (χ3n) is 3.52. The molecule has 0 aliphatic heterocycles. The van der Waals surface area contributed by atoms with Gasteiger partial charge in [-0.15, -0.1) is 0 Å². The standard InChI is InChI=1S/C15H14Cl3N5O2S/c1-2-22-8-11(6-19-22)26(24,25)21-15-14(18)9-23(20-15)7-10-3-4-12(16)13(17)5-10/h3-6,8-9H,2,7H2,1H3,(H,20,21). The summed E-state index contributed by atoms with van der Waals surface area (Å²) in [4.78, 5) is 0.0365. The molecule has 3 rings (SSSR count). The molecule has 1 aromatic carbocycles. The van der Waals surface area contributed by atoms with Crippen molar-refractivity contribution in [3.8, 4) is 0 Å². The second kappa shape index (κ2) is 7.48. The molecule has 138 valence electrons. The Morgan fingerprint density at radius 3 is 2.50 bits per heavy atom. The fourth-order valence-corrected chi connectivity index (χ4v) is 3.76. The molecule has 0 atom stereocenters. The molecule has 26 heavy (non-hydrogen) atoms. The van der Waals surface area contributed by atoms with Gasteiger partial charge in [0, 0.05) is 18.9 Å². The van der Waals surface area contributed by atoms with Gasteiger partial charge in [0.25, 0.3) is 10.0 Å². The highest BCUT2D eigenvalue weighted by molar-refractivity contribution is 7.92. The van der Waals surface area contributed by atoms with Crippen LogP contribution in [0.2, 0.25) is 15.1 Å². The number of benzene rings is 1. The first-order valence-corrected chi connectivity index (χ1v) is 10.1. The fourth-order valence-electron chi connectivity index (χ4n) is 2.21. The Bertz CT molecular complexity index is 1050. The number of hydrogen-bond donors (Lipinski definition) is 1. The van der Waals surface area contributed by atoms with Gasteiger partial charge in [0.1, 0.15) is 9.92 Å². The van der Waals surface area contributed by atoms with E-state index in [9.17, 15) is 8.42 Å². The molecule has 0 saturated heterocycles. The highest BCUT2D eigenvalue weighted by atomic mass is 35.5. The summed E-state index contributed by atoms with van der Waals surface area (Å²) in [6.45, 7) is 2.78. The molecule has 0 spiro atoms. The van der Waals surface area contributed by atoms with Crippen molar-refractivity contribution in [1.29, 1.82) is 0 Å². The van der Waals surface area contributed by atoms with Crippen LogP contribution in [0.25, 0.3) is 0 Å². The zero-order valence-electron chi connectivity index (χ0n) is 13.5. The van der Waals surface area contributed by atoms with Crippen LogP contribution in [0, 0.1) is 0 Å². The van der Waals surface area contributed by atoms with Crippen LogP contribution < -0.4 is 4.72 Å². The first-order valence-electron chi connectivity index (χ1n) is 7.50. The van der Waals surface area contributed by atoms with E-state index in [1.807, 2.05) is 6.92 Å². The molecule has 3 aromatic rings. The summed E-state index contributed by atoms with van der Waals surface area (Å²) in [6, 6.07) is 5.19. The number of aromatic nitrogens is 4. The summed E-state index contributed by atoms with van der Waals surface area (Å²) in [5.74, 6) is 0.0379. The van der Waals surface area contributed by atoms with E-state index in [2.05, 4.69) is 14.9 Å². The molecule has 2 heterocycles. The van der Waals surface area contributed by atoms with Crippen molar-refractivity contribution < 1.29 is 8.42 Å². The van der Waals surface area contributed by atoms with Gasteiger partial charge in [0.15, 0.2) is 5.82 Å². The molecular formula is C15H14Cl3N5O2S. The van der Waals surface area contributed by atoms with Gasteiger partial charge in [-0.25, -0.2) is 8.42 Å². The van der Waals surface area contributed by atoms with E-state index in [-0.39, 0.29) is 15.7 Å². The number of hydrogen-bond acceptors (Lipinski definition) is 4. The highest BCUT2D eigenvalue weighted by Crippen LogP contribution is 2.25. The van der Waals surface area contributed by atoms with E-state index in [4.69, 9.17) is 34.8 Å². The normalized spacial score (nSPS) is 11.7. The minimum atomic E-state index is -3.83. The van der Waals surface area contributed by atoms with E-state index in [1.54, 1.807) is 18.2 Å². The molecule has 0 amide bonds. The maximum atomic E-state index is 12.4. The summed E-state index contributed by atoms with van der Waals surface area (Å²) < 4.78 is 30.3. The minimum Gasteiger partial charge on any atom is -0.272 e. The summed E-state index contributed by atoms with van der Waals surface area (Å²) >= 11 is 18.0. The third kappa shape index (κ3) is 4.15. The SMILES string of the molecule is CCn1cc(S(=O)(=O)Nc2nn(Cc3ccc(Cl)c(Cl)c3)cc2Cl)cn1. The Hall–Kier alpha value is -1.74.